The number of ether oxygens (including phenoxy) is 1. The monoisotopic (exact) mass is 450 g/mol. The Labute approximate surface area is 194 Å². The number of benzene rings is 2. The van der Waals surface area contributed by atoms with Gasteiger partial charge in [0.2, 0.25) is 0 Å². The fraction of sp³-hybridized carbons (Fsp3) is 0.385. The van der Waals surface area contributed by atoms with Crippen molar-refractivity contribution in [3.05, 3.63) is 70.6 Å². The number of hydrogen-bond donors (Lipinski definition) is 0. The standard InChI is InChI=1S/C26H30N2O3S/c1-6-19-7-9-20(10-8-19)28(15-16(2)3)32-21-11-12-24-22(13-21)23(29)14-25(30-24)26-17(4)27-31-18(26)5/h7-13,16,25H,6,14-15H2,1-5H3. The number of anilines is 1. The molecule has 1 aliphatic rings. The molecular formula is C26H30N2O3S. The molecule has 0 spiro atoms. The van der Waals surface area contributed by atoms with Crippen LogP contribution in [-0.2, 0) is 6.42 Å². The molecule has 6 heteroatoms. The third kappa shape index (κ3) is 4.70. The van der Waals surface area contributed by atoms with Gasteiger partial charge in [-0.25, -0.2) is 0 Å². The molecule has 1 unspecified atom stereocenters. The van der Waals surface area contributed by atoms with Gasteiger partial charge in [0.25, 0.3) is 0 Å². The number of carbonyl (C=O) groups excluding carboxylic acids is 1. The highest BCUT2D eigenvalue weighted by atomic mass is 32.2. The summed E-state index contributed by atoms with van der Waals surface area (Å²) in [4.78, 5) is 14.0. The van der Waals surface area contributed by atoms with E-state index in [4.69, 9.17) is 9.26 Å². The Kier molecular flexibility index (Phi) is 6.60. The highest BCUT2D eigenvalue weighted by Crippen LogP contribution is 2.40. The van der Waals surface area contributed by atoms with Crippen LogP contribution in [0.2, 0.25) is 0 Å². The van der Waals surface area contributed by atoms with E-state index in [1.165, 1.54) is 11.3 Å². The van der Waals surface area contributed by atoms with Crippen molar-refractivity contribution in [2.75, 3.05) is 10.8 Å². The number of carbonyl (C=O) groups is 1. The van der Waals surface area contributed by atoms with Gasteiger partial charge in [0.15, 0.2) is 5.78 Å². The predicted octanol–water partition coefficient (Wildman–Crippen LogP) is 6.73. The first kappa shape index (κ1) is 22.5. The molecule has 1 aromatic heterocycles. The zero-order valence-corrected chi connectivity index (χ0v) is 20.2. The van der Waals surface area contributed by atoms with Gasteiger partial charge in [0, 0.05) is 17.1 Å². The summed E-state index contributed by atoms with van der Waals surface area (Å²) in [6.45, 7) is 11.2. The molecule has 3 aromatic rings. The quantitative estimate of drug-likeness (QED) is 0.372. The van der Waals surface area contributed by atoms with Crippen molar-refractivity contribution in [3.8, 4) is 5.75 Å². The molecule has 0 bridgehead atoms. The van der Waals surface area contributed by atoms with Gasteiger partial charge in [-0.05, 0) is 74.0 Å². The lowest BCUT2D eigenvalue weighted by atomic mass is 9.95. The van der Waals surface area contributed by atoms with Crippen LogP contribution in [0.3, 0.4) is 0 Å². The summed E-state index contributed by atoms with van der Waals surface area (Å²) in [7, 11) is 0. The van der Waals surface area contributed by atoms with Crippen LogP contribution in [0.5, 0.6) is 5.75 Å². The van der Waals surface area contributed by atoms with E-state index in [1.54, 1.807) is 11.9 Å². The maximum absolute atomic E-state index is 13.0. The minimum Gasteiger partial charge on any atom is -0.484 e. The number of aromatic nitrogens is 1. The number of aryl methyl sites for hydroxylation is 3. The molecule has 0 N–H and O–H groups in total. The van der Waals surface area contributed by atoms with Crippen LogP contribution in [0.15, 0.2) is 51.9 Å². The fourth-order valence-electron chi connectivity index (χ4n) is 4.02. The van der Waals surface area contributed by atoms with Crippen LogP contribution in [0, 0.1) is 19.8 Å². The number of fused-ring (bicyclic) bond motifs is 1. The number of ketones is 1. The zero-order chi connectivity index (χ0) is 22.8. The van der Waals surface area contributed by atoms with Crippen molar-refractivity contribution in [1.29, 1.82) is 0 Å². The summed E-state index contributed by atoms with van der Waals surface area (Å²) in [5.74, 6) is 1.92. The molecule has 2 heterocycles. The summed E-state index contributed by atoms with van der Waals surface area (Å²) < 4.78 is 13.8. The molecule has 0 saturated heterocycles. The highest BCUT2D eigenvalue weighted by Gasteiger charge is 2.32. The minimum absolute atomic E-state index is 0.0846. The molecule has 5 nitrogen and oxygen atoms in total. The smallest absolute Gasteiger partial charge is 0.170 e. The number of nitrogens with zero attached hydrogens (tertiary/aromatic N) is 2. The van der Waals surface area contributed by atoms with Gasteiger partial charge in [-0.2, -0.15) is 0 Å². The summed E-state index contributed by atoms with van der Waals surface area (Å²) in [5, 5.41) is 4.01. The van der Waals surface area contributed by atoms with E-state index in [0.29, 0.717) is 23.0 Å². The summed E-state index contributed by atoms with van der Waals surface area (Å²) in [6, 6.07) is 14.6. The second-order valence-electron chi connectivity index (χ2n) is 8.70. The van der Waals surface area contributed by atoms with Crippen LogP contribution in [0.25, 0.3) is 0 Å². The number of Topliss-reactive ketones (excluding diaryl/α,β-unsaturated/α-hetero) is 1. The molecule has 0 aliphatic carbocycles. The van der Waals surface area contributed by atoms with Crippen LogP contribution in [0.4, 0.5) is 5.69 Å². The predicted molar refractivity (Wildman–Crippen MR) is 129 cm³/mol. The topological polar surface area (TPSA) is 55.6 Å². The van der Waals surface area contributed by atoms with Crippen LogP contribution >= 0.6 is 11.9 Å². The molecule has 0 amide bonds. The van der Waals surface area contributed by atoms with Crippen LogP contribution < -0.4 is 9.04 Å². The van der Waals surface area contributed by atoms with Gasteiger partial charge < -0.3 is 13.6 Å². The maximum Gasteiger partial charge on any atom is 0.170 e. The Morgan fingerprint density at radius 3 is 2.53 bits per heavy atom. The molecular weight excluding hydrogens is 420 g/mol. The molecule has 32 heavy (non-hydrogen) atoms. The van der Waals surface area contributed by atoms with Crippen molar-refractivity contribution in [2.45, 2.75) is 58.5 Å². The molecule has 0 radical (unpaired) electrons. The largest absolute Gasteiger partial charge is 0.484 e. The molecule has 2 aromatic carbocycles. The molecule has 168 valence electrons. The lowest BCUT2D eigenvalue weighted by molar-refractivity contribution is 0.0847. The zero-order valence-electron chi connectivity index (χ0n) is 19.3. The van der Waals surface area contributed by atoms with Gasteiger partial charge in [-0.15, -0.1) is 0 Å². The first-order chi connectivity index (χ1) is 15.4. The second kappa shape index (κ2) is 9.41. The van der Waals surface area contributed by atoms with Gasteiger partial charge in [-0.3, -0.25) is 4.79 Å². The van der Waals surface area contributed by atoms with Crippen molar-refractivity contribution in [2.24, 2.45) is 5.92 Å². The van der Waals surface area contributed by atoms with E-state index in [2.05, 4.69) is 54.5 Å². The average Bonchev–Trinajstić information content (AvgIpc) is 3.11. The van der Waals surface area contributed by atoms with Gasteiger partial charge in [0.1, 0.15) is 17.6 Å². The Bertz CT molecular complexity index is 1090. The lowest BCUT2D eigenvalue weighted by Gasteiger charge is -2.28. The third-order valence-corrected chi connectivity index (χ3v) is 6.73. The Hall–Kier alpha value is -2.73. The summed E-state index contributed by atoms with van der Waals surface area (Å²) >= 11 is 1.66. The molecule has 4 rings (SSSR count). The van der Waals surface area contributed by atoms with Crippen LogP contribution in [0.1, 0.15) is 66.2 Å². The van der Waals surface area contributed by atoms with E-state index in [9.17, 15) is 4.79 Å². The van der Waals surface area contributed by atoms with Crippen molar-refractivity contribution >= 4 is 23.4 Å². The molecule has 1 aliphatic heterocycles. The maximum atomic E-state index is 13.0. The third-order valence-electron chi connectivity index (χ3n) is 5.68. The van der Waals surface area contributed by atoms with Crippen LogP contribution in [-0.4, -0.2) is 17.5 Å². The van der Waals surface area contributed by atoms with E-state index >= 15 is 0 Å². The summed E-state index contributed by atoms with van der Waals surface area (Å²) in [6.07, 6.45) is 0.965. The van der Waals surface area contributed by atoms with Crippen molar-refractivity contribution in [3.63, 3.8) is 0 Å². The van der Waals surface area contributed by atoms with Crippen molar-refractivity contribution in [1.82, 2.24) is 5.16 Å². The Balaban J connectivity index is 1.57. The Morgan fingerprint density at radius 2 is 1.91 bits per heavy atom. The van der Waals surface area contributed by atoms with E-state index < -0.39 is 0 Å². The first-order valence-corrected chi connectivity index (χ1v) is 11.9. The van der Waals surface area contributed by atoms with Gasteiger partial charge in [0.05, 0.1) is 23.2 Å². The van der Waals surface area contributed by atoms with E-state index in [0.717, 1.165) is 29.1 Å². The van der Waals surface area contributed by atoms with Gasteiger partial charge in [-0.1, -0.05) is 38.1 Å². The van der Waals surface area contributed by atoms with E-state index in [1.807, 2.05) is 32.0 Å². The normalized spacial score (nSPS) is 15.6. The summed E-state index contributed by atoms with van der Waals surface area (Å²) in [5.41, 5.74) is 4.78. The number of hydrogen-bond acceptors (Lipinski definition) is 6. The fourth-order valence-corrected chi connectivity index (χ4v) is 5.18. The van der Waals surface area contributed by atoms with Crippen molar-refractivity contribution < 1.29 is 14.1 Å². The minimum atomic E-state index is -0.353. The van der Waals surface area contributed by atoms with Gasteiger partial charge >= 0.3 is 0 Å². The van der Waals surface area contributed by atoms with E-state index in [-0.39, 0.29) is 18.3 Å². The highest BCUT2D eigenvalue weighted by molar-refractivity contribution is 8.00. The second-order valence-corrected chi connectivity index (χ2v) is 9.79. The molecule has 0 fully saturated rings. The Morgan fingerprint density at radius 1 is 1.16 bits per heavy atom. The lowest BCUT2D eigenvalue weighted by Crippen LogP contribution is -2.22. The average molecular weight is 451 g/mol. The number of rotatable bonds is 7. The first-order valence-electron chi connectivity index (χ1n) is 11.2. The molecule has 1 atom stereocenters. The SMILES string of the molecule is CCc1ccc(N(CC(C)C)Sc2ccc3c(c2)C(=O)CC(c2c(C)noc2C)O3)cc1. The molecule has 0 saturated carbocycles.